The van der Waals surface area contributed by atoms with Gasteiger partial charge >= 0.3 is 0 Å². The zero-order valence-electron chi connectivity index (χ0n) is 9.33. The molecule has 0 fully saturated rings. The lowest BCUT2D eigenvalue weighted by Crippen LogP contribution is -2.52. The first-order valence-electron chi connectivity index (χ1n) is 5.30. The molecule has 4 nitrogen and oxygen atoms in total. The lowest BCUT2D eigenvalue weighted by atomic mass is 9.98. The summed E-state index contributed by atoms with van der Waals surface area (Å²) < 4.78 is 0. The van der Waals surface area contributed by atoms with Crippen LogP contribution in [0.4, 0.5) is 5.69 Å². The van der Waals surface area contributed by atoms with E-state index in [2.05, 4.69) is 10.6 Å². The third-order valence-corrected chi connectivity index (χ3v) is 3.02. The van der Waals surface area contributed by atoms with Crippen molar-refractivity contribution in [2.75, 3.05) is 5.32 Å². The van der Waals surface area contributed by atoms with Gasteiger partial charge < -0.3 is 10.6 Å². The zero-order valence-corrected chi connectivity index (χ0v) is 9.33. The van der Waals surface area contributed by atoms with Crippen LogP contribution in [0.1, 0.15) is 30.6 Å². The molecule has 1 aromatic carbocycles. The van der Waals surface area contributed by atoms with Gasteiger partial charge in [0.05, 0.1) is 11.3 Å². The second-order valence-electron chi connectivity index (χ2n) is 4.14. The van der Waals surface area contributed by atoms with E-state index in [1.165, 1.54) is 0 Å². The van der Waals surface area contributed by atoms with Crippen molar-refractivity contribution in [3.05, 3.63) is 29.8 Å². The second-order valence-corrected chi connectivity index (χ2v) is 4.14. The summed E-state index contributed by atoms with van der Waals surface area (Å²) in [7, 11) is 0. The van der Waals surface area contributed by atoms with Crippen molar-refractivity contribution < 1.29 is 9.59 Å². The molecule has 1 atom stereocenters. The Morgan fingerprint density at radius 1 is 1.25 bits per heavy atom. The Kier molecular flexibility index (Phi) is 2.42. The minimum atomic E-state index is -0.837. The largest absolute Gasteiger partial charge is 0.338 e. The first-order chi connectivity index (χ1) is 7.57. The van der Waals surface area contributed by atoms with Crippen molar-refractivity contribution in [2.24, 2.45) is 0 Å². The highest BCUT2D eigenvalue weighted by atomic mass is 16.2. The molecule has 4 heteroatoms. The summed E-state index contributed by atoms with van der Waals surface area (Å²) in [6.45, 7) is 3.60. The van der Waals surface area contributed by atoms with Crippen LogP contribution in [-0.4, -0.2) is 17.4 Å². The van der Waals surface area contributed by atoms with E-state index in [4.69, 9.17) is 0 Å². The summed E-state index contributed by atoms with van der Waals surface area (Å²) in [5.74, 6) is -0.383. The average Bonchev–Trinajstić information content (AvgIpc) is 2.37. The number of rotatable bonds is 1. The van der Waals surface area contributed by atoms with E-state index >= 15 is 0 Å². The smallest absolute Gasteiger partial charge is 0.254 e. The molecule has 1 heterocycles. The van der Waals surface area contributed by atoms with Crippen molar-refractivity contribution in [1.29, 1.82) is 0 Å². The first-order valence-corrected chi connectivity index (χ1v) is 5.30. The fourth-order valence-electron chi connectivity index (χ4n) is 1.67. The maximum absolute atomic E-state index is 11.9. The molecule has 1 aromatic rings. The Morgan fingerprint density at radius 2 is 1.94 bits per heavy atom. The summed E-state index contributed by atoms with van der Waals surface area (Å²) in [5.41, 5.74) is 0.242. The molecule has 0 saturated carbocycles. The summed E-state index contributed by atoms with van der Waals surface area (Å²) in [6.07, 6.45) is 0.554. The van der Waals surface area contributed by atoms with Crippen LogP contribution in [-0.2, 0) is 4.79 Å². The van der Waals surface area contributed by atoms with Gasteiger partial charge in [-0.05, 0) is 25.5 Å². The Labute approximate surface area is 94.0 Å². The molecule has 16 heavy (non-hydrogen) atoms. The number of hydrogen-bond acceptors (Lipinski definition) is 2. The fraction of sp³-hybridized carbons (Fsp3) is 0.333. The molecular formula is C12H14N2O2. The molecule has 0 aliphatic carbocycles. The number of carbonyl (C=O) groups excluding carboxylic acids is 2. The normalized spacial score (nSPS) is 24.1. The third-order valence-electron chi connectivity index (χ3n) is 3.02. The van der Waals surface area contributed by atoms with E-state index in [9.17, 15) is 9.59 Å². The molecular weight excluding hydrogens is 204 g/mol. The van der Waals surface area contributed by atoms with Crippen molar-refractivity contribution >= 4 is 17.5 Å². The van der Waals surface area contributed by atoms with Gasteiger partial charge in [0.25, 0.3) is 5.91 Å². The van der Waals surface area contributed by atoms with E-state index in [-0.39, 0.29) is 11.8 Å². The molecule has 0 spiro atoms. The highest BCUT2D eigenvalue weighted by molar-refractivity contribution is 6.11. The lowest BCUT2D eigenvalue weighted by molar-refractivity contribution is -0.121. The molecule has 2 N–H and O–H groups in total. The predicted octanol–water partition coefficient (Wildman–Crippen LogP) is 1.54. The highest BCUT2D eigenvalue weighted by Crippen LogP contribution is 2.23. The third kappa shape index (κ3) is 1.56. The first kappa shape index (κ1) is 10.7. The topological polar surface area (TPSA) is 58.2 Å². The van der Waals surface area contributed by atoms with Crippen LogP contribution >= 0.6 is 0 Å². The quantitative estimate of drug-likeness (QED) is 0.751. The molecule has 2 amide bonds. The lowest BCUT2D eigenvalue weighted by Gasteiger charge is -2.25. The SMILES string of the molecule is CCC1(C)NC(=O)c2ccccc2NC1=O. The Bertz CT molecular complexity index is 456. The van der Waals surface area contributed by atoms with Crippen LogP contribution in [0.25, 0.3) is 0 Å². The maximum atomic E-state index is 11.9. The van der Waals surface area contributed by atoms with Crippen LogP contribution in [0.5, 0.6) is 0 Å². The standard InChI is InChI=1S/C12H14N2O2/c1-3-12(2)11(16)13-9-7-5-4-6-8(9)10(15)14-12/h4-7H,3H2,1-2H3,(H,13,16)(H,14,15). The molecule has 0 aromatic heterocycles. The van der Waals surface area contributed by atoms with Gasteiger partial charge in [-0.1, -0.05) is 19.1 Å². The van der Waals surface area contributed by atoms with Crippen molar-refractivity contribution in [3.63, 3.8) is 0 Å². The summed E-state index contributed by atoms with van der Waals surface area (Å²) in [6, 6.07) is 7.00. The molecule has 0 bridgehead atoms. The van der Waals surface area contributed by atoms with Gasteiger partial charge in [-0.3, -0.25) is 9.59 Å². The number of benzene rings is 1. The number of nitrogens with one attached hydrogen (secondary N) is 2. The zero-order chi connectivity index (χ0) is 11.8. The van der Waals surface area contributed by atoms with Crippen LogP contribution in [0.2, 0.25) is 0 Å². The Balaban J connectivity index is 2.48. The molecule has 84 valence electrons. The summed E-state index contributed by atoms with van der Waals surface area (Å²) in [5, 5.41) is 5.53. The maximum Gasteiger partial charge on any atom is 0.254 e. The number of anilines is 1. The molecule has 0 radical (unpaired) electrons. The molecule has 2 rings (SSSR count). The number of hydrogen-bond donors (Lipinski definition) is 2. The van der Waals surface area contributed by atoms with Crippen LogP contribution in [0.15, 0.2) is 24.3 Å². The number of carbonyl (C=O) groups is 2. The Hall–Kier alpha value is -1.84. The van der Waals surface area contributed by atoms with Crippen molar-refractivity contribution in [1.82, 2.24) is 5.32 Å². The molecule has 1 aliphatic rings. The van der Waals surface area contributed by atoms with Gasteiger partial charge in [0.15, 0.2) is 0 Å². The predicted molar refractivity (Wildman–Crippen MR) is 61.2 cm³/mol. The molecule has 1 unspecified atom stereocenters. The fourth-order valence-corrected chi connectivity index (χ4v) is 1.67. The van der Waals surface area contributed by atoms with Crippen molar-refractivity contribution in [2.45, 2.75) is 25.8 Å². The van der Waals surface area contributed by atoms with Gasteiger partial charge in [0.2, 0.25) is 5.91 Å². The number of amides is 2. The van der Waals surface area contributed by atoms with E-state index in [1.807, 2.05) is 6.92 Å². The van der Waals surface area contributed by atoms with Gasteiger partial charge in [-0.2, -0.15) is 0 Å². The van der Waals surface area contributed by atoms with E-state index in [0.29, 0.717) is 17.7 Å². The van der Waals surface area contributed by atoms with E-state index in [0.717, 1.165) is 0 Å². The van der Waals surface area contributed by atoms with Gasteiger partial charge in [-0.25, -0.2) is 0 Å². The number of fused-ring (bicyclic) bond motifs is 1. The monoisotopic (exact) mass is 218 g/mol. The number of para-hydroxylation sites is 1. The minimum Gasteiger partial charge on any atom is -0.338 e. The second kappa shape index (κ2) is 3.63. The minimum absolute atomic E-state index is 0.173. The highest BCUT2D eigenvalue weighted by Gasteiger charge is 2.36. The summed E-state index contributed by atoms with van der Waals surface area (Å²) >= 11 is 0. The van der Waals surface area contributed by atoms with Crippen molar-refractivity contribution in [3.8, 4) is 0 Å². The Morgan fingerprint density at radius 3 is 2.62 bits per heavy atom. The molecule has 1 aliphatic heterocycles. The van der Waals surface area contributed by atoms with Crippen LogP contribution in [0, 0.1) is 0 Å². The average molecular weight is 218 g/mol. The van der Waals surface area contributed by atoms with E-state index < -0.39 is 5.54 Å². The van der Waals surface area contributed by atoms with Crippen LogP contribution in [0.3, 0.4) is 0 Å². The summed E-state index contributed by atoms with van der Waals surface area (Å²) in [4.78, 5) is 23.9. The van der Waals surface area contributed by atoms with Crippen LogP contribution < -0.4 is 10.6 Å². The van der Waals surface area contributed by atoms with Gasteiger partial charge in [0.1, 0.15) is 5.54 Å². The molecule has 0 saturated heterocycles. The van der Waals surface area contributed by atoms with Gasteiger partial charge in [0, 0.05) is 0 Å². The van der Waals surface area contributed by atoms with Gasteiger partial charge in [-0.15, -0.1) is 0 Å². The van der Waals surface area contributed by atoms with E-state index in [1.54, 1.807) is 31.2 Å².